The third kappa shape index (κ3) is 5.59. The predicted octanol–water partition coefficient (Wildman–Crippen LogP) is 15.1. The molecule has 12 rings (SSSR count). The molecule has 1 aliphatic rings. The Balaban J connectivity index is 1.05. The van der Waals surface area contributed by atoms with E-state index in [4.69, 9.17) is 14.4 Å². The Kier molecular flexibility index (Phi) is 8.39. The maximum Gasteiger partial charge on any atom is 0.160 e. The summed E-state index contributed by atoms with van der Waals surface area (Å²) in [7, 11) is 0. The van der Waals surface area contributed by atoms with Gasteiger partial charge in [-0.1, -0.05) is 212 Å². The molecule has 3 nitrogen and oxygen atoms in total. The second-order valence-corrected chi connectivity index (χ2v) is 16.0. The van der Waals surface area contributed by atoms with Crippen molar-refractivity contribution in [3.05, 3.63) is 253 Å². The predicted molar refractivity (Wildman–Crippen MR) is 254 cm³/mol. The van der Waals surface area contributed by atoms with Crippen molar-refractivity contribution >= 4 is 21.9 Å². The molecule has 9 aromatic carbocycles. The second kappa shape index (κ2) is 14.5. The van der Waals surface area contributed by atoms with E-state index in [1.165, 1.54) is 33.4 Å². The molecule has 62 heavy (non-hydrogen) atoms. The van der Waals surface area contributed by atoms with Crippen molar-refractivity contribution < 1.29 is 4.42 Å². The van der Waals surface area contributed by atoms with Gasteiger partial charge in [0.2, 0.25) is 0 Å². The summed E-state index contributed by atoms with van der Waals surface area (Å²) < 4.78 is 6.56. The molecular weight excluding hydrogens is 753 g/mol. The SMILES string of the molecule is c1ccc(-c2nc(-c3ccccc3-c3ccc4c(c3)-c3ccccc3C4(c3ccccc3)c3ccccc3)cc(-c3ccccc3-c3cccc4c3oc3ccccc34)n2)cc1. The van der Waals surface area contributed by atoms with Crippen LogP contribution in [0.2, 0.25) is 0 Å². The summed E-state index contributed by atoms with van der Waals surface area (Å²) in [6.45, 7) is 0. The molecular formula is C59H38N2O. The Morgan fingerprint density at radius 3 is 1.55 bits per heavy atom. The summed E-state index contributed by atoms with van der Waals surface area (Å²) in [5, 5.41) is 2.20. The third-order valence-corrected chi connectivity index (χ3v) is 12.6. The minimum atomic E-state index is -0.460. The highest BCUT2D eigenvalue weighted by Gasteiger charge is 2.46. The number of para-hydroxylation sites is 2. The van der Waals surface area contributed by atoms with Crippen molar-refractivity contribution in [2.45, 2.75) is 5.41 Å². The lowest BCUT2D eigenvalue weighted by molar-refractivity contribution is 0.670. The van der Waals surface area contributed by atoms with Crippen molar-refractivity contribution in [1.29, 1.82) is 0 Å². The van der Waals surface area contributed by atoms with E-state index < -0.39 is 5.41 Å². The topological polar surface area (TPSA) is 38.9 Å². The van der Waals surface area contributed by atoms with Crippen molar-refractivity contribution in [3.63, 3.8) is 0 Å². The molecule has 290 valence electrons. The second-order valence-electron chi connectivity index (χ2n) is 16.0. The van der Waals surface area contributed by atoms with Crippen LogP contribution >= 0.6 is 0 Å². The van der Waals surface area contributed by atoms with Crippen LogP contribution in [-0.2, 0) is 5.41 Å². The van der Waals surface area contributed by atoms with Gasteiger partial charge in [0.25, 0.3) is 0 Å². The van der Waals surface area contributed by atoms with Gasteiger partial charge in [-0.15, -0.1) is 0 Å². The maximum atomic E-state index is 6.56. The van der Waals surface area contributed by atoms with Crippen LogP contribution in [0.1, 0.15) is 22.3 Å². The molecule has 0 amide bonds. The first-order valence-electron chi connectivity index (χ1n) is 21.2. The first kappa shape index (κ1) is 35.8. The number of aromatic nitrogens is 2. The highest BCUT2D eigenvalue weighted by Crippen LogP contribution is 2.57. The highest BCUT2D eigenvalue weighted by atomic mass is 16.3. The zero-order valence-corrected chi connectivity index (χ0v) is 33.7. The van der Waals surface area contributed by atoms with Crippen molar-refractivity contribution in [2.24, 2.45) is 0 Å². The molecule has 3 heteroatoms. The van der Waals surface area contributed by atoms with Gasteiger partial charge in [0.15, 0.2) is 5.82 Å². The number of benzene rings is 9. The molecule has 0 atom stereocenters. The van der Waals surface area contributed by atoms with Crippen molar-refractivity contribution in [2.75, 3.05) is 0 Å². The van der Waals surface area contributed by atoms with E-state index in [9.17, 15) is 0 Å². The van der Waals surface area contributed by atoms with Gasteiger partial charge >= 0.3 is 0 Å². The normalized spacial score (nSPS) is 12.6. The van der Waals surface area contributed by atoms with Gasteiger partial charge in [-0.2, -0.15) is 0 Å². The van der Waals surface area contributed by atoms with Crippen molar-refractivity contribution in [3.8, 4) is 67.3 Å². The van der Waals surface area contributed by atoms with Crippen LogP contribution in [0.5, 0.6) is 0 Å². The smallest absolute Gasteiger partial charge is 0.160 e. The molecule has 2 heterocycles. The van der Waals surface area contributed by atoms with E-state index in [0.717, 1.165) is 72.3 Å². The van der Waals surface area contributed by atoms with Crippen LogP contribution in [-0.4, -0.2) is 9.97 Å². The minimum Gasteiger partial charge on any atom is -0.455 e. The third-order valence-electron chi connectivity index (χ3n) is 12.6. The van der Waals surface area contributed by atoms with Gasteiger partial charge in [0, 0.05) is 33.0 Å². The molecule has 0 N–H and O–H groups in total. The van der Waals surface area contributed by atoms with E-state index in [-0.39, 0.29) is 0 Å². The van der Waals surface area contributed by atoms with Gasteiger partial charge in [0.1, 0.15) is 11.2 Å². The number of hydrogen-bond donors (Lipinski definition) is 0. The Hall–Kier alpha value is -8.14. The van der Waals surface area contributed by atoms with Crippen LogP contribution in [0.15, 0.2) is 235 Å². The van der Waals surface area contributed by atoms with Crippen LogP contribution in [0, 0.1) is 0 Å². The Morgan fingerprint density at radius 1 is 0.323 bits per heavy atom. The van der Waals surface area contributed by atoms with Crippen molar-refractivity contribution in [1.82, 2.24) is 9.97 Å². The number of hydrogen-bond acceptors (Lipinski definition) is 3. The summed E-state index contributed by atoms with van der Waals surface area (Å²) in [6.07, 6.45) is 0. The number of fused-ring (bicyclic) bond motifs is 6. The largest absolute Gasteiger partial charge is 0.455 e. The summed E-state index contributed by atoms with van der Waals surface area (Å²) in [5.74, 6) is 0.669. The van der Waals surface area contributed by atoms with Gasteiger partial charge < -0.3 is 4.42 Å². The molecule has 0 saturated heterocycles. The van der Waals surface area contributed by atoms with E-state index >= 15 is 0 Å². The minimum absolute atomic E-state index is 0.460. The van der Waals surface area contributed by atoms with E-state index in [1.54, 1.807) is 0 Å². The maximum absolute atomic E-state index is 6.56. The number of nitrogens with zero attached hydrogens (tertiary/aromatic N) is 2. The summed E-state index contributed by atoms with van der Waals surface area (Å²) in [6, 6.07) is 82.1. The lowest BCUT2D eigenvalue weighted by Crippen LogP contribution is -2.28. The monoisotopic (exact) mass is 790 g/mol. The summed E-state index contributed by atoms with van der Waals surface area (Å²) in [5.41, 5.74) is 17.9. The van der Waals surface area contributed by atoms with Gasteiger partial charge in [-0.3, -0.25) is 0 Å². The molecule has 11 aromatic rings. The van der Waals surface area contributed by atoms with E-state index in [1.807, 2.05) is 30.3 Å². The molecule has 0 unspecified atom stereocenters. The zero-order valence-electron chi connectivity index (χ0n) is 33.7. The number of furan rings is 1. The van der Waals surface area contributed by atoms with Crippen LogP contribution in [0.3, 0.4) is 0 Å². The van der Waals surface area contributed by atoms with Crippen LogP contribution < -0.4 is 0 Å². The lowest BCUT2D eigenvalue weighted by atomic mass is 9.67. The molecule has 0 spiro atoms. The number of rotatable bonds is 7. The first-order chi connectivity index (χ1) is 30.8. The van der Waals surface area contributed by atoms with E-state index in [0.29, 0.717) is 5.82 Å². The van der Waals surface area contributed by atoms with E-state index in [2.05, 4.69) is 200 Å². The average molecular weight is 791 g/mol. The quantitative estimate of drug-likeness (QED) is 0.161. The standard InChI is InChI=1S/C59H38N2O/c1-4-19-39(20-5-1)58-60-54(38-55(61-58)47-29-13-11-26-44(47)49-31-18-32-50-48-30-15-17-34-56(48)62-57(49)50)46-28-12-10-25-43(46)40-35-36-53-51(37-40)45-27-14-16-33-52(45)59(53,41-21-6-2-7-22-41)42-23-8-3-9-24-42/h1-38H. The fraction of sp³-hybridized carbons (Fsp3) is 0.0169. The van der Waals surface area contributed by atoms with Gasteiger partial charge in [-0.25, -0.2) is 9.97 Å². The molecule has 0 radical (unpaired) electrons. The Labute approximate surface area is 360 Å². The Morgan fingerprint density at radius 2 is 0.839 bits per heavy atom. The molecule has 2 aromatic heterocycles. The molecule has 0 fully saturated rings. The average Bonchev–Trinajstić information content (AvgIpc) is 3.89. The highest BCUT2D eigenvalue weighted by molar-refractivity contribution is 6.10. The van der Waals surface area contributed by atoms with Gasteiger partial charge in [-0.05, 0) is 68.3 Å². The fourth-order valence-electron chi connectivity index (χ4n) is 9.92. The molecule has 0 saturated carbocycles. The Bertz CT molecular complexity index is 3420. The molecule has 0 aliphatic heterocycles. The fourth-order valence-corrected chi connectivity index (χ4v) is 9.92. The zero-order chi connectivity index (χ0) is 41.0. The first-order valence-corrected chi connectivity index (χ1v) is 21.2. The van der Waals surface area contributed by atoms with Crippen LogP contribution in [0.4, 0.5) is 0 Å². The van der Waals surface area contributed by atoms with Gasteiger partial charge in [0.05, 0.1) is 16.8 Å². The lowest BCUT2D eigenvalue weighted by Gasteiger charge is -2.33. The summed E-state index contributed by atoms with van der Waals surface area (Å²) >= 11 is 0. The molecule has 0 bridgehead atoms. The molecule has 1 aliphatic carbocycles. The van der Waals surface area contributed by atoms with Crippen LogP contribution in [0.25, 0.3) is 89.2 Å². The summed E-state index contributed by atoms with van der Waals surface area (Å²) in [4.78, 5) is 10.7.